The molecule has 0 spiro atoms. The molecule has 2 atom stereocenters. The van der Waals surface area contributed by atoms with Crippen molar-refractivity contribution in [3.8, 4) is 0 Å². The van der Waals surface area contributed by atoms with Crippen LogP contribution in [0.1, 0.15) is 11.6 Å². The number of rotatable bonds is 2. The van der Waals surface area contributed by atoms with Gasteiger partial charge in [-0.1, -0.05) is 18.2 Å². The summed E-state index contributed by atoms with van der Waals surface area (Å²) in [5.74, 6) is 0. The number of fused-ring (bicyclic) bond motifs is 1. The van der Waals surface area contributed by atoms with Gasteiger partial charge in [-0.3, -0.25) is 0 Å². The van der Waals surface area contributed by atoms with Crippen molar-refractivity contribution in [1.29, 1.82) is 0 Å². The largest absolute Gasteiger partial charge is 0.350 e. The van der Waals surface area contributed by atoms with Gasteiger partial charge in [0, 0.05) is 55.9 Å². The van der Waals surface area contributed by atoms with Gasteiger partial charge in [-0.05, 0) is 18.7 Å². The second-order valence-electron chi connectivity index (χ2n) is 5.56. The Morgan fingerprint density at radius 2 is 2.11 bits per heavy atom. The van der Waals surface area contributed by atoms with Crippen molar-refractivity contribution in [2.75, 3.05) is 26.7 Å². The maximum Gasteiger partial charge on any atom is 0.0484 e. The normalized spacial score (nSPS) is 22.8. The quantitative estimate of drug-likeness (QED) is 0.847. The molecule has 4 nitrogen and oxygen atoms in total. The number of benzene rings is 1. The molecule has 3 rings (SSSR count). The van der Waals surface area contributed by atoms with Crippen LogP contribution >= 0.6 is 0 Å². The molecule has 102 valence electrons. The fourth-order valence-corrected chi connectivity index (χ4v) is 3.03. The summed E-state index contributed by atoms with van der Waals surface area (Å²) in [6.45, 7) is 3.11. The minimum Gasteiger partial charge on any atom is -0.350 e. The molecule has 2 heterocycles. The monoisotopic (exact) mass is 258 g/mol. The Balaban J connectivity index is 1.95. The van der Waals surface area contributed by atoms with E-state index in [-0.39, 0.29) is 6.04 Å². The number of nitrogens with one attached hydrogen (secondary N) is 1. The van der Waals surface area contributed by atoms with E-state index in [1.54, 1.807) is 0 Å². The Hall–Kier alpha value is -1.36. The van der Waals surface area contributed by atoms with Gasteiger partial charge in [0.1, 0.15) is 0 Å². The van der Waals surface area contributed by atoms with Gasteiger partial charge in [-0.15, -0.1) is 0 Å². The number of nitrogens with zero attached hydrogens (tertiary/aromatic N) is 2. The van der Waals surface area contributed by atoms with Gasteiger partial charge in [0.25, 0.3) is 0 Å². The molecule has 0 aliphatic carbocycles. The van der Waals surface area contributed by atoms with Crippen LogP contribution in [-0.2, 0) is 7.05 Å². The highest BCUT2D eigenvalue weighted by molar-refractivity contribution is 5.84. The van der Waals surface area contributed by atoms with Gasteiger partial charge in [-0.25, -0.2) is 0 Å². The van der Waals surface area contributed by atoms with Gasteiger partial charge >= 0.3 is 0 Å². The topological polar surface area (TPSA) is 46.2 Å². The second kappa shape index (κ2) is 4.96. The Morgan fingerprint density at radius 3 is 2.89 bits per heavy atom. The molecule has 1 aliphatic rings. The molecule has 0 amide bonds. The minimum atomic E-state index is 0.0360. The number of aryl methyl sites for hydroxylation is 1. The molecule has 3 N–H and O–H groups in total. The zero-order valence-electron chi connectivity index (χ0n) is 11.6. The number of para-hydroxylation sites is 1. The Bertz CT molecular complexity index is 575. The van der Waals surface area contributed by atoms with E-state index in [1.165, 1.54) is 16.5 Å². The van der Waals surface area contributed by atoms with Crippen molar-refractivity contribution < 1.29 is 0 Å². The lowest BCUT2D eigenvalue weighted by molar-refractivity contribution is 0.220. The lowest BCUT2D eigenvalue weighted by Gasteiger charge is -2.34. The highest BCUT2D eigenvalue weighted by atomic mass is 15.2. The molecule has 4 heteroatoms. The first-order chi connectivity index (χ1) is 9.16. The average molecular weight is 258 g/mol. The molecule has 1 aromatic heterocycles. The highest BCUT2D eigenvalue weighted by Gasteiger charge is 2.25. The number of hydrogen-bond acceptors (Lipinski definition) is 3. The third-order valence-electron chi connectivity index (χ3n) is 4.13. The molecule has 0 saturated carbocycles. The zero-order valence-corrected chi connectivity index (χ0v) is 11.6. The number of hydrogen-bond donors (Lipinski definition) is 2. The number of likely N-dealkylation sites (N-methyl/N-ethyl adjacent to an activating group) is 1. The van der Waals surface area contributed by atoms with E-state index in [0.717, 1.165) is 19.6 Å². The van der Waals surface area contributed by atoms with Crippen LogP contribution in [0.5, 0.6) is 0 Å². The van der Waals surface area contributed by atoms with Crippen LogP contribution in [0.4, 0.5) is 0 Å². The summed E-state index contributed by atoms with van der Waals surface area (Å²) < 4.78 is 2.16. The Labute approximate surface area is 114 Å². The summed E-state index contributed by atoms with van der Waals surface area (Å²) in [5.41, 5.74) is 9.00. The van der Waals surface area contributed by atoms with Gasteiger partial charge in [-0.2, -0.15) is 0 Å². The van der Waals surface area contributed by atoms with E-state index in [1.807, 2.05) is 0 Å². The maximum absolute atomic E-state index is 6.51. The predicted molar refractivity (Wildman–Crippen MR) is 79.1 cm³/mol. The van der Waals surface area contributed by atoms with Crippen LogP contribution in [0.25, 0.3) is 10.9 Å². The van der Waals surface area contributed by atoms with Crippen molar-refractivity contribution >= 4 is 10.9 Å². The van der Waals surface area contributed by atoms with Crippen molar-refractivity contribution in [1.82, 2.24) is 14.8 Å². The highest BCUT2D eigenvalue weighted by Crippen LogP contribution is 2.27. The molecule has 0 bridgehead atoms. The maximum atomic E-state index is 6.51. The summed E-state index contributed by atoms with van der Waals surface area (Å²) in [6, 6.07) is 8.82. The molecular formula is C15H22N4. The van der Waals surface area contributed by atoms with Crippen LogP contribution < -0.4 is 11.1 Å². The smallest absolute Gasteiger partial charge is 0.0484 e. The summed E-state index contributed by atoms with van der Waals surface area (Å²) >= 11 is 0. The van der Waals surface area contributed by atoms with E-state index < -0.39 is 0 Å². The van der Waals surface area contributed by atoms with Crippen LogP contribution in [0, 0.1) is 0 Å². The molecule has 2 unspecified atom stereocenters. The molecule has 0 radical (unpaired) electrons. The van der Waals surface area contributed by atoms with Gasteiger partial charge in [0.05, 0.1) is 0 Å². The van der Waals surface area contributed by atoms with Gasteiger partial charge in [0.2, 0.25) is 0 Å². The molecule has 19 heavy (non-hydrogen) atoms. The molecule has 1 aromatic carbocycles. The first-order valence-electron chi connectivity index (χ1n) is 6.88. The van der Waals surface area contributed by atoms with Crippen molar-refractivity contribution in [2.45, 2.75) is 12.1 Å². The first-order valence-corrected chi connectivity index (χ1v) is 6.88. The minimum absolute atomic E-state index is 0.0360. The predicted octanol–water partition coefficient (Wildman–Crippen LogP) is 1.08. The number of aromatic nitrogens is 1. The molecule has 2 aromatic rings. The number of nitrogens with two attached hydrogens (primary N) is 1. The first kappa shape index (κ1) is 12.7. The van der Waals surface area contributed by atoms with Crippen molar-refractivity contribution in [3.05, 3.63) is 36.0 Å². The van der Waals surface area contributed by atoms with Crippen LogP contribution in [0.3, 0.4) is 0 Å². The summed E-state index contributed by atoms with van der Waals surface area (Å²) in [7, 11) is 4.24. The third kappa shape index (κ3) is 2.27. The van der Waals surface area contributed by atoms with Crippen LogP contribution in [0.15, 0.2) is 30.5 Å². The average Bonchev–Trinajstić information content (AvgIpc) is 2.76. The summed E-state index contributed by atoms with van der Waals surface area (Å²) in [4.78, 5) is 2.34. The van der Waals surface area contributed by atoms with Gasteiger partial charge in [0.15, 0.2) is 0 Å². The molecular weight excluding hydrogens is 236 g/mol. The zero-order chi connectivity index (χ0) is 13.4. The van der Waals surface area contributed by atoms with Gasteiger partial charge < -0.3 is 20.5 Å². The Morgan fingerprint density at radius 1 is 1.32 bits per heavy atom. The summed E-state index contributed by atoms with van der Waals surface area (Å²) in [6.07, 6.45) is 2.17. The van der Waals surface area contributed by atoms with E-state index in [0.29, 0.717) is 6.04 Å². The van der Waals surface area contributed by atoms with Crippen molar-refractivity contribution in [2.24, 2.45) is 12.8 Å². The molecule has 1 aliphatic heterocycles. The lowest BCUT2D eigenvalue weighted by Crippen LogP contribution is -2.53. The van der Waals surface area contributed by atoms with Crippen LogP contribution in [-0.4, -0.2) is 42.2 Å². The van der Waals surface area contributed by atoms with E-state index in [4.69, 9.17) is 5.73 Å². The SMILES string of the molecule is CN1CCNC(C(N)c2cn(C)c3ccccc23)C1. The van der Waals surface area contributed by atoms with Crippen LogP contribution in [0.2, 0.25) is 0 Å². The van der Waals surface area contributed by atoms with E-state index >= 15 is 0 Å². The number of piperazine rings is 1. The van der Waals surface area contributed by atoms with Crippen molar-refractivity contribution in [3.63, 3.8) is 0 Å². The fourth-order valence-electron chi connectivity index (χ4n) is 3.03. The Kier molecular flexibility index (Phi) is 3.31. The molecule has 1 saturated heterocycles. The van der Waals surface area contributed by atoms with E-state index in [9.17, 15) is 0 Å². The van der Waals surface area contributed by atoms with E-state index in [2.05, 4.69) is 59.3 Å². The third-order valence-corrected chi connectivity index (χ3v) is 4.13. The fraction of sp³-hybridized carbons (Fsp3) is 0.467. The molecule has 1 fully saturated rings. The summed E-state index contributed by atoms with van der Waals surface area (Å²) in [5, 5.41) is 4.82. The standard InChI is InChI=1S/C15H22N4/c1-18-8-7-17-13(10-18)15(16)12-9-19(2)14-6-4-3-5-11(12)14/h3-6,9,13,15,17H,7-8,10,16H2,1-2H3. The second-order valence-corrected chi connectivity index (χ2v) is 5.56. The lowest BCUT2D eigenvalue weighted by atomic mass is 9.98.